The summed E-state index contributed by atoms with van der Waals surface area (Å²) in [5.41, 5.74) is 3.80. The zero-order valence-electron chi connectivity index (χ0n) is 10.6. The molecule has 0 spiro atoms. The molecule has 0 amide bonds. The van der Waals surface area contributed by atoms with E-state index in [1.165, 1.54) is 16.8 Å². The maximum atomic E-state index is 5.85. The number of rotatable bonds is 3. The second-order valence-corrected chi connectivity index (χ2v) is 4.98. The number of halogens is 1. The van der Waals surface area contributed by atoms with Crippen LogP contribution in [-0.2, 0) is 10.6 Å². The zero-order valence-corrected chi connectivity index (χ0v) is 11.3. The van der Waals surface area contributed by atoms with E-state index in [1.54, 1.807) is 0 Å². The van der Waals surface area contributed by atoms with Crippen molar-refractivity contribution >= 4 is 17.3 Å². The maximum Gasteiger partial charge on any atom is 0.0485 e. The topological polar surface area (TPSA) is 12.5 Å². The van der Waals surface area contributed by atoms with Crippen LogP contribution in [0.5, 0.6) is 0 Å². The first-order valence-electron chi connectivity index (χ1n) is 6.18. The molecule has 0 N–H and O–H groups in total. The summed E-state index contributed by atoms with van der Waals surface area (Å²) in [5, 5.41) is 0. The monoisotopic (exact) mass is 253 g/mol. The average molecular weight is 254 g/mol. The molecule has 1 aliphatic rings. The molecule has 1 aromatic rings. The molecule has 2 nitrogen and oxygen atoms in total. The Morgan fingerprint density at radius 3 is 2.65 bits per heavy atom. The standard InChI is InChI=1S/C14H20ClNO/c1-11-9-12(10-15)3-4-14(11)16(2)13-5-7-17-8-6-13/h3-4,9,13H,5-8,10H2,1-2H3. The quantitative estimate of drug-likeness (QED) is 0.766. The van der Waals surface area contributed by atoms with E-state index in [0.29, 0.717) is 11.9 Å². The molecule has 1 aromatic carbocycles. The van der Waals surface area contributed by atoms with Gasteiger partial charge in [-0.3, -0.25) is 0 Å². The third-order valence-corrected chi connectivity index (χ3v) is 3.84. The Hall–Kier alpha value is -0.730. The van der Waals surface area contributed by atoms with E-state index in [1.807, 2.05) is 0 Å². The number of ether oxygens (including phenoxy) is 1. The normalized spacial score (nSPS) is 17.1. The minimum Gasteiger partial charge on any atom is -0.381 e. The van der Waals surface area contributed by atoms with Gasteiger partial charge in [0.1, 0.15) is 0 Å². The maximum absolute atomic E-state index is 5.85. The highest BCUT2D eigenvalue weighted by molar-refractivity contribution is 6.17. The van der Waals surface area contributed by atoms with Gasteiger partial charge in [0.05, 0.1) is 0 Å². The predicted octanol–water partition coefficient (Wildman–Crippen LogP) is 3.35. The largest absolute Gasteiger partial charge is 0.381 e. The van der Waals surface area contributed by atoms with Gasteiger partial charge in [-0.1, -0.05) is 12.1 Å². The lowest BCUT2D eigenvalue weighted by atomic mass is 10.0. The molecular weight excluding hydrogens is 234 g/mol. The minimum atomic E-state index is 0.585. The van der Waals surface area contributed by atoms with E-state index in [-0.39, 0.29) is 0 Å². The number of benzene rings is 1. The Kier molecular flexibility index (Phi) is 4.30. The van der Waals surface area contributed by atoms with Crippen LogP contribution in [0.25, 0.3) is 0 Å². The lowest BCUT2D eigenvalue weighted by Gasteiger charge is -2.34. The molecule has 0 radical (unpaired) electrons. The molecule has 1 fully saturated rings. The number of hydrogen-bond donors (Lipinski definition) is 0. The van der Waals surface area contributed by atoms with Gasteiger partial charge in [-0.15, -0.1) is 11.6 Å². The Morgan fingerprint density at radius 1 is 1.35 bits per heavy atom. The van der Waals surface area contributed by atoms with Crippen molar-refractivity contribution in [1.82, 2.24) is 0 Å². The Labute approximate surface area is 109 Å². The summed E-state index contributed by atoms with van der Waals surface area (Å²) < 4.78 is 5.41. The molecular formula is C14H20ClNO. The van der Waals surface area contributed by atoms with Crippen LogP contribution in [-0.4, -0.2) is 26.3 Å². The van der Waals surface area contributed by atoms with Crippen molar-refractivity contribution in [3.63, 3.8) is 0 Å². The Bertz CT molecular complexity index is 374. The van der Waals surface area contributed by atoms with Crippen LogP contribution < -0.4 is 4.90 Å². The molecule has 17 heavy (non-hydrogen) atoms. The van der Waals surface area contributed by atoms with Gasteiger partial charge in [0, 0.05) is 37.9 Å². The fourth-order valence-corrected chi connectivity index (χ4v) is 2.63. The zero-order chi connectivity index (χ0) is 12.3. The lowest BCUT2D eigenvalue weighted by molar-refractivity contribution is 0.0854. The van der Waals surface area contributed by atoms with Gasteiger partial charge < -0.3 is 9.64 Å². The third-order valence-electron chi connectivity index (χ3n) is 3.53. The summed E-state index contributed by atoms with van der Waals surface area (Å²) in [6.07, 6.45) is 2.24. The SMILES string of the molecule is Cc1cc(CCl)ccc1N(C)C1CCOCC1. The molecule has 0 unspecified atom stereocenters. The molecule has 1 aliphatic heterocycles. The highest BCUT2D eigenvalue weighted by Crippen LogP contribution is 2.25. The van der Waals surface area contributed by atoms with Crippen molar-refractivity contribution in [2.45, 2.75) is 31.7 Å². The van der Waals surface area contributed by atoms with E-state index in [0.717, 1.165) is 26.1 Å². The number of anilines is 1. The molecule has 0 aromatic heterocycles. The van der Waals surface area contributed by atoms with Crippen LogP contribution in [0.2, 0.25) is 0 Å². The summed E-state index contributed by atoms with van der Waals surface area (Å²) >= 11 is 5.85. The highest BCUT2D eigenvalue weighted by atomic mass is 35.5. The van der Waals surface area contributed by atoms with E-state index in [2.05, 4.69) is 37.1 Å². The number of nitrogens with zero attached hydrogens (tertiary/aromatic N) is 1. The first kappa shape index (κ1) is 12.7. The molecule has 2 rings (SSSR count). The molecule has 1 saturated heterocycles. The average Bonchev–Trinajstić information content (AvgIpc) is 2.39. The molecule has 1 heterocycles. The van der Waals surface area contributed by atoms with Gasteiger partial charge in [0.2, 0.25) is 0 Å². The molecule has 0 aliphatic carbocycles. The third kappa shape index (κ3) is 2.93. The second-order valence-electron chi connectivity index (χ2n) is 4.71. The number of alkyl halides is 1. The smallest absolute Gasteiger partial charge is 0.0485 e. The van der Waals surface area contributed by atoms with Crippen LogP contribution in [0, 0.1) is 6.92 Å². The van der Waals surface area contributed by atoms with Crippen molar-refractivity contribution < 1.29 is 4.74 Å². The van der Waals surface area contributed by atoms with Crippen LogP contribution >= 0.6 is 11.6 Å². The molecule has 0 atom stereocenters. The summed E-state index contributed by atoms with van der Waals surface area (Å²) in [6.45, 7) is 3.92. The number of aryl methyl sites for hydroxylation is 1. The van der Waals surface area contributed by atoms with E-state index in [9.17, 15) is 0 Å². The minimum absolute atomic E-state index is 0.585. The van der Waals surface area contributed by atoms with Crippen LogP contribution in [0.15, 0.2) is 18.2 Å². The van der Waals surface area contributed by atoms with Gasteiger partial charge in [-0.2, -0.15) is 0 Å². The van der Waals surface area contributed by atoms with E-state index in [4.69, 9.17) is 16.3 Å². The van der Waals surface area contributed by atoms with Crippen molar-refractivity contribution in [3.8, 4) is 0 Å². The molecule has 94 valence electrons. The lowest BCUT2D eigenvalue weighted by Crippen LogP contribution is -2.37. The fraction of sp³-hybridized carbons (Fsp3) is 0.571. The Morgan fingerprint density at radius 2 is 2.06 bits per heavy atom. The fourth-order valence-electron chi connectivity index (χ4n) is 2.47. The summed E-state index contributed by atoms with van der Waals surface area (Å²) in [6, 6.07) is 7.08. The summed E-state index contributed by atoms with van der Waals surface area (Å²) in [5.74, 6) is 0.585. The van der Waals surface area contributed by atoms with Gasteiger partial charge >= 0.3 is 0 Å². The van der Waals surface area contributed by atoms with E-state index >= 15 is 0 Å². The van der Waals surface area contributed by atoms with Crippen molar-refractivity contribution in [3.05, 3.63) is 29.3 Å². The van der Waals surface area contributed by atoms with Gasteiger partial charge in [-0.05, 0) is 37.0 Å². The van der Waals surface area contributed by atoms with Gasteiger partial charge in [0.25, 0.3) is 0 Å². The van der Waals surface area contributed by atoms with Crippen LogP contribution in [0.4, 0.5) is 5.69 Å². The summed E-state index contributed by atoms with van der Waals surface area (Å²) in [4.78, 5) is 2.38. The van der Waals surface area contributed by atoms with Crippen molar-refractivity contribution in [2.75, 3.05) is 25.2 Å². The summed E-state index contributed by atoms with van der Waals surface area (Å²) in [7, 11) is 2.18. The van der Waals surface area contributed by atoms with Crippen molar-refractivity contribution in [2.24, 2.45) is 0 Å². The molecule has 0 saturated carbocycles. The van der Waals surface area contributed by atoms with Gasteiger partial charge in [-0.25, -0.2) is 0 Å². The predicted molar refractivity (Wildman–Crippen MR) is 73.0 cm³/mol. The molecule has 0 bridgehead atoms. The molecule has 3 heteroatoms. The van der Waals surface area contributed by atoms with E-state index < -0.39 is 0 Å². The second kappa shape index (κ2) is 5.74. The first-order valence-corrected chi connectivity index (χ1v) is 6.72. The van der Waals surface area contributed by atoms with Crippen LogP contribution in [0.3, 0.4) is 0 Å². The number of hydrogen-bond acceptors (Lipinski definition) is 2. The van der Waals surface area contributed by atoms with Crippen LogP contribution in [0.1, 0.15) is 24.0 Å². The highest BCUT2D eigenvalue weighted by Gasteiger charge is 2.19. The Balaban J connectivity index is 2.15. The first-order chi connectivity index (χ1) is 8.22. The van der Waals surface area contributed by atoms with Crippen molar-refractivity contribution in [1.29, 1.82) is 0 Å². The van der Waals surface area contributed by atoms with Gasteiger partial charge in [0.15, 0.2) is 0 Å².